The van der Waals surface area contributed by atoms with Gasteiger partial charge in [0.2, 0.25) is 17.7 Å². The summed E-state index contributed by atoms with van der Waals surface area (Å²) in [4.78, 5) is 54.8. The molecule has 0 unspecified atom stereocenters. The second kappa shape index (κ2) is 17.6. The molecule has 5 rings (SSSR count). The largest absolute Gasteiger partial charge is 0.493 e. The standard InChI is InChI=1S/C36H47N7O7/c1-23(44)32-36(48)39-28(18-24-10-5-3-6-11-24)34(46)37-21-27-22-43(42-41-27)16-9-17-50-31-20-26(14-15-30(31)49-2)33(45)38-29(35(47)40-32)19-25-12-7-4-8-13-25/h3,5-6,10-11,14-15,20,22-23,25,28-29,32,44H,4,7-9,12-13,16-19,21H2,1-2H3,(H,37,46)(H,38,45)(H,39,48)(H,40,47)/t23-,28-,29+,32+/m1/s1. The minimum atomic E-state index is -1.40. The molecule has 2 aromatic carbocycles. The second-order valence-corrected chi connectivity index (χ2v) is 13.0. The minimum absolute atomic E-state index is 0.0690. The molecule has 2 heterocycles. The number of nitrogens with zero attached hydrogens (tertiary/aromatic N) is 3. The minimum Gasteiger partial charge on any atom is -0.493 e. The molecule has 4 atom stereocenters. The molecular weight excluding hydrogens is 642 g/mol. The maximum atomic E-state index is 13.9. The molecule has 0 spiro atoms. The lowest BCUT2D eigenvalue weighted by molar-refractivity contribution is -0.135. The van der Waals surface area contributed by atoms with Crippen molar-refractivity contribution in [2.45, 2.75) is 95.6 Å². The summed E-state index contributed by atoms with van der Waals surface area (Å²) in [7, 11) is 1.51. The predicted molar refractivity (Wildman–Crippen MR) is 183 cm³/mol. The summed E-state index contributed by atoms with van der Waals surface area (Å²) in [6.45, 7) is 2.23. The van der Waals surface area contributed by atoms with E-state index in [2.05, 4.69) is 31.6 Å². The van der Waals surface area contributed by atoms with Gasteiger partial charge in [-0.1, -0.05) is 67.6 Å². The maximum absolute atomic E-state index is 13.9. The lowest BCUT2D eigenvalue weighted by atomic mass is 9.84. The molecule has 0 saturated heterocycles. The zero-order valence-electron chi connectivity index (χ0n) is 28.6. The summed E-state index contributed by atoms with van der Waals surface area (Å²) < 4.78 is 13.1. The summed E-state index contributed by atoms with van der Waals surface area (Å²) in [5.41, 5.74) is 1.59. The van der Waals surface area contributed by atoms with E-state index in [1.807, 2.05) is 30.3 Å². The van der Waals surface area contributed by atoms with Gasteiger partial charge in [0.05, 0.1) is 32.6 Å². The van der Waals surface area contributed by atoms with E-state index in [1.165, 1.54) is 14.0 Å². The van der Waals surface area contributed by atoms with E-state index in [0.717, 1.165) is 37.7 Å². The number of aliphatic hydroxyl groups excluding tert-OH is 1. The molecule has 50 heavy (non-hydrogen) atoms. The van der Waals surface area contributed by atoms with Crippen molar-refractivity contribution in [2.75, 3.05) is 13.7 Å². The van der Waals surface area contributed by atoms with Gasteiger partial charge in [0.1, 0.15) is 23.8 Å². The highest BCUT2D eigenvalue weighted by Crippen LogP contribution is 2.30. The first-order chi connectivity index (χ1) is 24.2. The fourth-order valence-electron chi connectivity index (χ4n) is 6.38. The third-order valence-electron chi connectivity index (χ3n) is 9.14. The zero-order valence-corrected chi connectivity index (χ0v) is 28.6. The molecule has 268 valence electrons. The van der Waals surface area contributed by atoms with Crippen molar-refractivity contribution in [2.24, 2.45) is 5.92 Å². The zero-order chi connectivity index (χ0) is 35.5. The molecule has 14 nitrogen and oxygen atoms in total. The van der Waals surface area contributed by atoms with Gasteiger partial charge < -0.3 is 35.8 Å². The quantitative estimate of drug-likeness (QED) is 0.258. The number of methoxy groups -OCH3 is 1. The molecular formula is C36H47N7O7. The summed E-state index contributed by atoms with van der Waals surface area (Å²) in [5.74, 6) is -1.30. The van der Waals surface area contributed by atoms with E-state index in [1.54, 1.807) is 29.1 Å². The van der Waals surface area contributed by atoms with Gasteiger partial charge in [-0.3, -0.25) is 23.9 Å². The summed E-state index contributed by atoms with van der Waals surface area (Å²) in [6, 6.07) is 10.6. The molecule has 3 aromatic rings. The van der Waals surface area contributed by atoms with Crippen LogP contribution in [0.15, 0.2) is 54.7 Å². The summed E-state index contributed by atoms with van der Waals surface area (Å²) in [5, 5.41) is 30.1. The Kier molecular flexibility index (Phi) is 12.8. The van der Waals surface area contributed by atoms with Crippen LogP contribution in [0.2, 0.25) is 0 Å². The molecule has 2 aliphatic rings. The molecule has 4 amide bonds. The highest BCUT2D eigenvalue weighted by atomic mass is 16.5. The van der Waals surface area contributed by atoms with Crippen LogP contribution in [0.4, 0.5) is 0 Å². The number of carbonyl (C=O) groups excluding carboxylic acids is 4. The van der Waals surface area contributed by atoms with Gasteiger partial charge in [-0.2, -0.15) is 0 Å². The van der Waals surface area contributed by atoms with Crippen LogP contribution in [0, 0.1) is 5.92 Å². The van der Waals surface area contributed by atoms with Crippen LogP contribution in [0.1, 0.15) is 73.5 Å². The van der Waals surface area contributed by atoms with Crippen LogP contribution >= 0.6 is 0 Å². The van der Waals surface area contributed by atoms with Crippen LogP contribution in [-0.4, -0.2) is 81.7 Å². The van der Waals surface area contributed by atoms with Crippen molar-refractivity contribution in [3.8, 4) is 11.5 Å². The average Bonchev–Trinajstić information content (AvgIpc) is 3.58. The monoisotopic (exact) mass is 689 g/mol. The Morgan fingerprint density at radius 2 is 1.72 bits per heavy atom. The fraction of sp³-hybridized carbons (Fsp3) is 0.500. The first kappa shape index (κ1) is 36.3. The Hall–Kier alpha value is -4.98. The van der Waals surface area contributed by atoms with Crippen LogP contribution < -0.4 is 30.7 Å². The highest BCUT2D eigenvalue weighted by molar-refractivity contribution is 5.99. The molecule has 1 aliphatic heterocycles. The number of hydrogen-bond acceptors (Lipinski definition) is 9. The predicted octanol–water partition coefficient (Wildman–Crippen LogP) is 2.05. The Balaban J connectivity index is 1.44. The molecule has 1 aromatic heterocycles. The Morgan fingerprint density at radius 3 is 2.46 bits per heavy atom. The van der Waals surface area contributed by atoms with Crippen LogP contribution in [0.3, 0.4) is 0 Å². The molecule has 4 bridgehead atoms. The Morgan fingerprint density at radius 1 is 0.940 bits per heavy atom. The summed E-state index contributed by atoms with van der Waals surface area (Å²) in [6.07, 6.45) is 6.53. The van der Waals surface area contributed by atoms with Crippen molar-refractivity contribution in [1.29, 1.82) is 0 Å². The van der Waals surface area contributed by atoms with Crippen molar-refractivity contribution in [3.63, 3.8) is 0 Å². The molecule has 1 fully saturated rings. The number of hydrogen-bond donors (Lipinski definition) is 5. The topological polar surface area (TPSA) is 186 Å². The van der Waals surface area contributed by atoms with Crippen LogP contribution in [0.25, 0.3) is 0 Å². The number of aromatic nitrogens is 3. The van der Waals surface area contributed by atoms with E-state index in [9.17, 15) is 24.3 Å². The normalized spacial score (nSPS) is 22.3. The fourth-order valence-corrected chi connectivity index (χ4v) is 6.38. The van der Waals surface area contributed by atoms with Gasteiger partial charge in [0.15, 0.2) is 11.5 Å². The van der Waals surface area contributed by atoms with Crippen molar-refractivity contribution < 1.29 is 33.8 Å². The number of carbonyl (C=O) groups is 4. The van der Waals surface area contributed by atoms with Crippen molar-refractivity contribution in [1.82, 2.24) is 36.3 Å². The third-order valence-corrected chi connectivity index (χ3v) is 9.14. The van der Waals surface area contributed by atoms with Gasteiger partial charge in [0, 0.05) is 24.9 Å². The number of fused-ring (bicyclic) bond motifs is 4. The first-order valence-electron chi connectivity index (χ1n) is 17.3. The molecule has 14 heteroatoms. The summed E-state index contributed by atoms with van der Waals surface area (Å²) >= 11 is 0. The van der Waals surface area contributed by atoms with Gasteiger partial charge >= 0.3 is 0 Å². The van der Waals surface area contributed by atoms with Crippen LogP contribution in [0.5, 0.6) is 11.5 Å². The Labute approximate surface area is 291 Å². The van der Waals surface area contributed by atoms with Crippen molar-refractivity contribution >= 4 is 23.6 Å². The van der Waals surface area contributed by atoms with E-state index in [0.29, 0.717) is 43.2 Å². The molecule has 1 saturated carbocycles. The smallest absolute Gasteiger partial charge is 0.252 e. The third kappa shape index (κ3) is 10.0. The molecule has 5 N–H and O–H groups in total. The van der Waals surface area contributed by atoms with Gasteiger partial charge in [-0.05, 0) is 43.0 Å². The van der Waals surface area contributed by atoms with Crippen LogP contribution in [-0.2, 0) is 33.9 Å². The number of amides is 4. The number of aryl methyl sites for hydroxylation is 1. The van der Waals surface area contributed by atoms with Gasteiger partial charge in [0.25, 0.3) is 5.91 Å². The second-order valence-electron chi connectivity index (χ2n) is 13.0. The number of ether oxygens (including phenoxy) is 2. The Bertz CT molecular complexity index is 1610. The highest BCUT2D eigenvalue weighted by Gasteiger charge is 2.34. The van der Waals surface area contributed by atoms with E-state index in [-0.39, 0.29) is 24.4 Å². The maximum Gasteiger partial charge on any atom is 0.252 e. The number of nitrogens with one attached hydrogen (secondary N) is 4. The van der Waals surface area contributed by atoms with E-state index in [4.69, 9.17) is 9.47 Å². The number of benzene rings is 2. The number of rotatable bonds is 6. The van der Waals surface area contributed by atoms with Crippen molar-refractivity contribution in [3.05, 3.63) is 71.5 Å². The van der Waals surface area contributed by atoms with E-state index < -0.39 is 47.9 Å². The lowest BCUT2D eigenvalue weighted by Gasteiger charge is -2.29. The lowest BCUT2D eigenvalue weighted by Crippen LogP contribution is -2.60. The van der Waals surface area contributed by atoms with Gasteiger partial charge in [-0.15, -0.1) is 5.10 Å². The average molecular weight is 690 g/mol. The SMILES string of the molecule is COc1ccc2cc1OCCCn1cc(nn1)CNC(=O)[C@@H](Cc1ccccc1)NC(=O)[C@H]([C@@H](C)O)NC(=O)[C@H](CC1CCCCC1)NC2=O. The first-order valence-corrected chi connectivity index (χ1v) is 17.3. The molecule has 0 radical (unpaired) electrons. The number of aliphatic hydroxyl groups is 1. The van der Waals surface area contributed by atoms with E-state index >= 15 is 0 Å². The molecule has 1 aliphatic carbocycles. The van der Waals surface area contributed by atoms with Gasteiger partial charge in [-0.25, -0.2) is 0 Å².